The molecular formula is C17H20N2OS. The number of thiophene rings is 1. The standard InChI is InChI=1S/C17H20N2OS/c1-12(2)19(11-14-7-5-9-21-14)17(20)16-10-13-6-3-4-8-15(13)18-16/h3-9,12,16,18H,10-11H2,1-2H3/t16-/m0/s1. The van der Waals surface area contributed by atoms with Gasteiger partial charge in [-0.15, -0.1) is 11.3 Å². The normalized spacial score (nSPS) is 16.6. The number of para-hydroxylation sites is 1. The molecular weight excluding hydrogens is 280 g/mol. The quantitative estimate of drug-likeness (QED) is 0.937. The topological polar surface area (TPSA) is 32.3 Å². The van der Waals surface area contributed by atoms with E-state index >= 15 is 0 Å². The van der Waals surface area contributed by atoms with Gasteiger partial charge in [-0.3, -0.25) is 4.79 Å². The van der Waals surface area contributed by atoms with Crippen LogP contribution < -0.4 is 5.32 Å². The lowest BCUT2D eigenvalue weighted by molar-refractivity contribution is -0.134. The van der Waals surface area contributed by atoms with Gasteiger partial charge in [0.05, 0.1) is 6.54 Å². The number of anilines is 1. The third kappa shape index (κ3) is 2.95. The minimum atomic E-state index is -0.134. The maximum absolute atomic E-state index is 12.8. The Kier molecular flexibility index (Phi) is 3.97. The third-order valence-electron chi connectivity index (χ3n) is 3.88. The molecule has 1 aliphatic heterocycles. The van der Waals surface area contributed by atoms with Crippen LogP contribution in [0.1, 0.15) is 24.3 Å². The molecule has 1 aliphatic rings. The molecule has 1 N–H and O–H groups in total. The number of hydrogen-bond acceptors (Lipinski definition) is 3. The van der Waals surface area contributed by atoms with Crippen LogP contribution in [0.25, 0.3) is 0 Å². The fourth-order valence-electron chi connectivity index (χ4n) is 2.73. The summed E-state index contributed by atoms with van der Waals surface area (Å²) in [4.78, 5) is 16.0. The first-order chi connectivity index (χ1) is 10.1. The van der Waals surface area contributed by atoms with Crippen molar-refractivity contribution in [1.82, 2.24) is 4.90 Å². The highest BCUT2D eigenvalue weighted by molar-refractivity contribution is 7.09. The Hall–Kier alpha value is -1.81. The number of rotatable bonds is 4. The fraction of sp³-hybridized carbons (Fsp3) is 0.353. The number of carbonyl (C=O) groups is 1. The summed E-state index contributed by atoms with van der Waals surface area (Å²) < 4.78 is 0. The van der Waals surface area contributed by atoms with Gasteiger partial charge in [0, 0.05) is 23.0 Å². The molecule has 1 atom stereocenters. The number of fused-ring (bicyclic) bond motifs is 1. The molecule has 0 bridgehead atoms. The largest absolute Gasteiger partial charge is 0.373 e. The zero-order valence-corrected chi connectivity index (χ0v) is 13.2. The third-order valence-corrected chi connectivity index (χ3v) is 4.74. The Balaban J connectivity index is 1.74. The zero-order chi connectivity index (χ0) is 14.8. The summed E-state index contributed by atoms with van der Waals surface area (Å²) in [7, 11) is 0. The number of nitrogens with zero attached hydrogens (tertiary/aromatic N) is 1. The molecule has 4 heteroatoms. The van der Waals surface area contributed by atoms with E-state index in [1.54, 1.807) is 11.3 Å². The van der Waals surface area contributed by atoms with Crippen LogP contribution in [-0.2, 0) is 17.8 Å². The molecule has 0 fully saturated rings. The van der Waals surface area contributed by atoms with Crippen molar-refractivity contribution in [3.8, 4) is 0 Å². The first-order valence-electron chi connectivity index (χ1n) is 7.32. The van der Waals surface area contributed by atoms with Crippen LogP contribution in [0.4, 0.5) is 5.69 Å². The Morgan fingerprint density at radius 3 is 2.81 bits per heavy atom. The lowest BCUT2D eigenvalue weighted by Gasteiger charge is -2.29. The van der Waals surface area contributed by atoms with Crippen LogP contribution in [0.15, 0.2) is 41.8 Å². The van der Waals surface area contributed by atoms with Crippen LogP contribution in [0.3, 0.4) is 0 Å². The second-order valence-corrected chi connectivity index (χ2v) is 6.73. The molecule has 0 saturated heterocycles. The Labute approximate surface area is 129 Å². The van der Waals surface area contributed by atoms with Crippen LogP contribution in [0.5, 0.6) is 0 Å². The Morgan fingerprint density at radius 2 is 2.14 bits per heavy atom. The van der Waals surface area contributed by atoms with Crippen LogP contribution in [0, 0.1) is 0 Å². The van der Waals surface area contributed by atoms with Gasteiger partial charge in [0.1, 0.15) is 6.04 Å². The van der Waals surface area contributed by atoms with Gasteiger partial charge < -0.3 is 10.2 Å². The minimum Gasteiger partial charge on any atom is -0.373 e. The molecule has 0 spiro atoms. The monoisotopic (exact) mass is 300 g/mol. The van der Waals surface area contributed by atoms with Gasteiger partial charge in [0.2, 0.25) is 5.91 Å². The van der Waals surface area contributed by atoms with E-state index < -0.39 is 0 Å². The summed E-state index contributed by atoms with van der Waals surface area (Å²) in [5.74, 6) is 0.189. The van der Waals surface area contributed by atoms with Crippen molar-refractivity contribution in [2.45, 2.75) is 38.9 Å². The number of carbonyl (C=O) groups excluding carboxylic acids is 1. The van der Waals surface area contributed by atoms with Crippen LogP contribution >= 0.6 is 11.3 Å². The van der Waals surface area contributed by atoms with Gasteiger partial charge in [-0.2, -0.15) is 0 Å². The number of benzene rings is 1. The second-order valence-electron chi connectivity index (χ2n) is 5.70. The van der Waals surface area contributed by atoms with Gasteiger partial charge in [0.15, 0.2) is 0 Å². The summed E-state index contributed by atoms with van der Waals surface area (Å²) in [6.45, 7) is 4.85. The molecule has 21 heavy (non-hydrogen) atoms. The molecule has 3 nitrogen and oxygen atoms in total. The van der Waals surface area contributed by atoms with E-state index in [1.807, 2.05) is 29.2 Å². The van der Waals surface area contributed by atoms with Crippen molar-refractivity contribution < 1.29 is 4.79 Å². The lowest BCUT2D eigenvalue weighted by atomic mass is 10.1. The molecule has 1 aromatic carbocycles. The van der Waals surface area contributed by atoms with E-state index in [9.17, 15) is 4.79 Å². The maximum atomic E-state index is 12.8. The van der Waals surface area contributed by atoms with Gasteiger partial charge in [-0.25, -0.2) is 0 Å². The summed E-state index contributed by atoms with van der Waals surface area (Å²) in [5.41, 5.74) is 2.33. The first kappa shape index (κ1) is 14.1. The molecule has 0 unspecified atom stereocenters. The summed E-state index contributed by atoms with van der Waals surface area (Å²) in [6, 6.07) is 12.4. The van der Waals surface area contributed by atoms with Gasteiger partial charge in [0.25, 0.3) is 0 Å². The molecule has 1 aromatic heterocycles. The highest BCUT2D eigenvalue weighted by Gasteiger charge is 2.31. The Morgan fingerprint density at radius 1 is 1.33 bits per heavy atom. The van der Waals surface area contributed by atoms with Crippen molar-refractivity contribution in [3.63, 3.8) is 0 Å². The van der Waals surface area contributed by atoms with Gasteiger partial charge in [-0.05, 0) is 36.9 Å². The number of hydrogen-bond donors (Lipinski definition) is 1. The van der Waals surface area contributed by atoms with Crippen molar-refractivity contribution >= 4 is 22.9 Å². The molecule has 2 aromatic rings. The summed E-state index contributed by atoms with van der Waals surface area (Å²) in [5, 5.41) is 5.42. The van der Waals surface area contributed by atoms with E-state index in [2.05, 4.69) is 36.7 Å². The van der Waals surface area contributed by atoms with Gasteiger partial charge in [-0.1, -0.05) is 24.3 Å². The van der Waals surface area contributed by atoms with Crippen molar-refractivity contribution in [2.75, 3.05) is 5.32 Å². The average molecular weight is 300 g/mol. The van der Waals surface area contributed by atoms with E-state index in [0.29, 0.717) is 6.54 Å². The maximum Gasteiger partial charge on any atom is 0.245 e. The number of nitrogens with one attached hydrogen (secondary N) is 1. The highest BCUT2D eigenvalue weighted by Crippen LogP contribution is 2.27. The predicted molar refractivity (Wildman–Crippen MR) is 87.6 cm³/mol. The van der Waals surface area contributed by atoms with Gasteiger partial charge >= 0.3 is 0 Å². The summed E-state index contributed by atoms with van der Waals surface area (Å²) in [6.07, 6.45) is 0.780. The van der Waals surface area contributed by atoms with E-state index in [4.69, 9.17) is 0 Å². The fourth-order valence-corrected chi connectivity index (χ4v) is 3.44. The van der Waals surface area contributed by atoms with Crippen molar-refractivity contribution in [1.29, 1.82) is 0 Å². The summed E-state index contributed by atoms with van der Waals surface area (Å²) >= 11 is 1.70. The van der Waals surface area contributed by atoms with E-state index in [0.717, 1.165) is 12.1 Å². The van der Waals surface area contributed by atoms with E-state index in [1.165, 1.54) is 10.4 Å². The molecule has 0 aliphatic carbocycles. The van der Waals surface area contributed by atoms with Crippen LogP contribution in [0.2, 0.25) is 0 Å². The van der Waals surface area contributed by atoms with Crippen molar-refractivity contribution in [3.05, 3.63) is 52.2 Å². The molecule has 110 valence electrons. The molecule has 1 amide bonds. The zero-order valence-electron chi connectivity index (χ0n) is 12.4. The SMILES string of the molecule is CC(C)N(Cc1cccs1)C(=O)[C@@H]1Cc2ccccc2N1. The minimum absolute atomic E-state index is 0.134. The molecule has 2 heterocycles. The lowest BCUT2D eigenvalue weighted by Crippen LogP contribution is -2.45. The average Bonchev–Trinajstić information content (AvgIpc) is 3.12. The second kappa shape index (κ2) is 5.90. The molecule has 3 rings (SSSR count). The Bertz CT molecular complexity index is 596. The molecule has 0 saturated carbocycles. The van der Waals surface area contributed by atoms with Crippen molar-refractivity contribution in [2.24, 2.45) is 0 Å². The smallest absolute Gasteiger partial charge is 0.245 e. The van der Waals surface area contributed by atoms with Crippen LogP contribution in [-0.4, -0.2) is 22.9 Å². The highest BCUT2D eigenvalue weighted by atomic mass is 32.1. The molecule has 0 radical (unpaired) electrons. The first-order valence-corrected chi connectivity index (χ1v) is 8.20. The predicted octanol–water partition coefficient (Wildman–Crippen LogP) is 3.52. The van der Waals surface area contributed by atoms with E-state index in [-0.39, 0.29) is 18.0 Å². The number of amides is 1.